The third-order valence-corrected chi connectivity index (χ3v) is 3.55. The minimum atomic E-state index is -1.10. The molecule has 5 nitrogen and oxygen atoms in total. The molecule has 1 aromatic carbocycles. The fourth-order valence-electron chi connectivity index (χ4n) is 2.46. The standard InChI is InChI=1S/C15H19NO4/c1-20-9-13(15(18)19)16-14(17)12-7-6-10-4-2-3-5-11(10)8-12/h6-8,13H,2-5,9H2,1H3,(H,16,17)(H,18,19). The van der Waals surface area contributed by atoms with Crippen LogP contribution in [0.3, 0.4) is 0 Å². The minimum Gasteiger partial charge on any atom is -0.480 e. The first-order chi connectivity index (χ1) is 9.61. The van der Waals surface area contributed by atoms with Crippen LogP contribution in [0.4, 0.5) is 0 Å². The van der Waals surface area contributed by atoms with Crippen LogP contribution >= 0.6 is 0 Å². The molecule has 0 radical (unpaired) electrons. The van der Waals surface area contributed by atoms with Crippen molar-refractivity contribution in [1.29, 1.82) is 0 Å². The summed E-state index contributed by atoms with van der Waals surface area (Å²) >= 11 is 0. The van der Waals surface area contributed by atoms with Crippen LogP contribution in [-0.4, -0.2) is 36.7 Å². The summed E-state index contributed by atoms with van der Waals surface area (Å²) in [7, 11) is 1.40. The summed E-state index contributed by atoms with van der Waals surface area (Å²) in [6, 6.07) is 4.57. The van der Waals surface area contributed by atoms with E-state index in [1.54, 1.807) is 6.07 Å². The molecular weight excluding hydrogens is 258 g/mol. The van der Waals surface area contributed by atoms with Gasteiger partial charge in [-0.1, -0.05) is 6.07 Å². The van der Waals surface area contributed by atoms with Gasteiger partial charge in [0.1, 0.15) is 0 Å². The van der Waals surface area contributed by atoms with Crippen molar-refractivity contribution >= 4 is 11.9 Å². The number of hydrogen-bond acceptors (Lipinski definition) is 3. The van der Waals surface area contributed by atoms with Gasteiger partial charge in [-0.3, -0.25) is 4.79 Å². The number of carboxylic acid groups (broad SMARTS) is 1. The lowest BCUT2D eigenvalue weighted by Gasteiger charge is -2.17. The number of ether oxygens (including phenoxy) is 1. The molecular formula is C15H19NO4. The molecule has 1 atom stereocenters. The molecule has 1 amide bonds. The Morgan fingerprint density at radius 3 is 2.65 bits per heavy atom. The predicted molar refractivity (Wildman–Crippen MR) is 73.9 cm³/mol. The molecule has 1 aliphatic carbocycles. The molecule has 0 saturated carbocycles. The third-order valence-electron chi connectivity index (χ3n) is 3.55. The fourth-order valence-corrected chi connectivity index (χ4v) is 2.46. The number of carbonyl (C=O) groups excluding carboxylic acids is 1. The molecule has 0 saturated heterocycles. The van der Waals surface area contributed by atoms with Crippen LogP contribution in [0.25, 0.3) is 0 Å². The van der Waals surface area contributed by atoms with Crippen molar-refractivity contribution in [2.24, 2.45) is 0 Å². The van der Waals surface area contributed by atoms with Crippen molar-refractivity contribution in [3.63, 3.8) is 0 Å². The first-order valence-corrected chi connectivity index (χ1v) is 6.76. The summed E-state index contributed by atoms with van der Waals surface area (Å²) in [5, 5.41) is 11.5. The molecule has 5 heteroatoms. The van der Waals surface area contributed by atoms with E-state index in [2.05, 4.69) is 5.32 Å². The van der Waals surface area contributed by atoms with E-state index in [0.717, 1.165) is 19.3 Å². The van der Waals surface area contributed by atoms with Gasteiger partial charge in [0.05, 0.1) is 6.61 Å². The molecule has 1 aliphatic rings. The number of fused-ring (bicyclic) bond motifs is 1. The molecule has 1 unspecified atom stereocenters. The summed E-state index contributed by atoms with van der Waals surface area (Å²) < 4.78 is 4.80. The first kappa shape index (κ1) is 14.5. The van der Waals surface area contributed by atoms with Crippen LogP contribution in [-0.2, 0) is 22.4 Å². The molecule has 1 aromatic rings. The van der Waals surface area contributed by atoms with Crippen LogP contribution in [0.1, 0.15) is 34.3 Å². The van der Waals surface area contributed by atoms with E-state index in [9.17, 15) is 9.59 Å². The molecule has 0 bridgehead atoms. The Morgan fingerprint density at radius 1 is 1.30 bits per heavy atom. The largest absolute Gasteiger partial charge is 0.480 e. The monoisotopic (exact) mass is 277 g/mol. The van der Waals surface area contributed by atoms with Crippen LogP contribution in [0.15, 0.2) is 18.2 Å². The number of carboxylic acids is 1. The van der Waals surface area contributed by atoms with E-state index >= 15 is 0 Å². The van der Waals surface area contributed by atoms with Gasteiger partial charge >= 0.3 is 5.97 Å². The van der Waals surface area contributed by atoms with Gasteiger partial charge in [0, 0.05) is 12.7 Å². The number of carbonyl (C=O) groups is 2. The Kier molecular flexibility index (Phi) is 4.74. The van der Waals surface area contributed by atoms with E-state index in [0.29, 0.717) is 5.56 Å². The lowest BCUT2D eigenvalue weighted by molar-refractivity contribution is -0.140. The molecule has 0 aromatic heterocycles. The van der Waals surface area contributed by atoms with Crippen molar-refractivity contribution in [3.05, 3.63) is 34.9 Å². The summed E-state index contributed by atoms with van der Waals surface area (Å²) in [6.07, 6.45) is 4.36. The molecule has 0 fully saturated rings. The number of methoxy groups -OCH3 is 1. The Morgan fingerprint density at radius 2 is 2.00 bits per heavy atom. The van der Waals surface area contributed by atoms with Gasteiger partial charge < -0.3 is 15.2 Å². The second-order valence-electron chi connectivity index (χ2n) is 5.01. The van der Waals surface area contributed by atoms with Crippen LogP contribution < -0.4 is 5.32 Å². The fraction of sp³-hybridized carbons (Fsp3) is 0.467. The quantitative estimate of drug-likeness (QED) is 0.853. The molecule has 0 aliphatic heterocycles. The maximum absolute atomic E-state index is 12.1. The SMILES string of the molecule is COCC(NC(=O)c1ccc2c(c1)CCCC2)C(=O)O. The topological polar surface area (TPSA) is 75.6 Å². The third kappa shape index (κ3) is 3.36. The average molecular weight is 277 g/mol. The molecule has 20 heavy (non-hydrogen) atoms. The molecule has 2 rings (SSSR count). The molecule has 0 spiro atoms. The van der Waals surface area contributed by atoms with Gasteiger partial charge in [-0.25, -0.2) is 4.79 Å². The first-order valence-electron chi connectivity index (χ1n) is 6.76. The predicted octanol–water partition coefficient (Wildman–Crippen LogP) is 1.39. The van der Waals surface area contributed by atoms with Gasteiger partial charge in [0.25, 0.3) is 5.91 Å². The van der Waals surface area contributed by atoms with Crippen molar-refractivity contribution in [2.45, 2.75) is 31.7 Å². The number of aryl methyl sites for hydroxylation is 2. The summed E-state index contributed by atoms with van der Waals surface area (Å²) in [6.45, 7) is -0.0496. The second kappa shape index (κ2) is 6.52. The van der Waals surface area contributed by atoms with Crippen LogP contribution in [0, 0.1) is 0 Å². The Hall–Kier alpha value is -1.88. The zero-order valence-corrected chi connectivity index (χ0v) is 11.5. The Labute approximate surface area is 117 Å². The van der Waals surface area contributed by atoms with Crippen molar-refractivity contribution in [3.8, 4) is 0 Å². The van der Waals surface area contributed by atoms with Crippen molar-refractivity contribution in [2.75, 3.05) is 13.7 Å². The van der Waals surface area contributed by atoms with E-state index in [-0.39, 0.29) is 12.5 Å². The highest BCUT2D eigenvalue weighted by Crippen LogP contribution is 2.22. The second-order valence-corrected chi connectivity index (χ2v) is 5.01. The summed E-state index contributed by atoms with van der Waals surface area (Å²) in [5.41, 5.74) is 3.00. The van der Waals surface area contributed by atoms with Gasteiger partial charge in [-0.05, 0) is 48.9 Å². The Balaban J connectivity index is 2.10. The van der Waals surface area contributed by atoms with E-state index in [4.69, 9.17) is 9.84 Å². The van der Waals surface area contributed by atoms with Crippen LogP contribution in [0.5, 0.6) is 0 Å². The number of nitrogens with one attached hydrogen (secondary N) is 1. The normalized spacial score (nSPS) is 15.2. The summed E-state index contributed by atoms with van der Waals surface area (Å²) in [5.74, 6) is -1.47. The maximum atomic E-state index is 12.1. The van der Waals surface area contributed by atoms with Gasteiger partial charge in [0.15, 0.2) is 6.04 Å². The molecule has 0 heterocycles. The van der Waals surface area contributed by atoms with Gasteiger partial charge in [-0.2, -0.15) is 0 Å². The van der Waals surface area contributed by atoms with Crippen molar-refractivity contribution in [1.82, 2.24) is 5.32 Å². The van der Waals surface area contributed by atoms with E-state index in [1.165, 1.54) is 24.7 Å². The Bertz CT molecular complexity index is 513. The number of hydrogen-bond donors (Lipinski definition) is 2. The highest BCUT2D eigenvalue weighted by atomic mass is 16.5. The number of amides is 1. The molecule has 108 valence electrons. The highest BCUT2D eigenvalue weighted by Gasteiger charge is 2.21. The smallest absolute Gasteiger partial charge is 0.328 e. The average Bonchev–Trinajstić information content (AvgIpc) is 2.46. The van der Waals surface area contributed by atoms with E-state index < -0.39 is 12.0 Å². The zero-order chi connectivity index (χ0) is 14.5. The summed E-state index contributed by atoms with van der Waals surface area (Å²) in [4.78, 5) is 23.1. The minimum absolute atomic E-state index is 0.0496. The zero-order valence-electron chi connectivity index (χ0n) is 11.5. The maximum Gasteiger partial charge on any atom is 0.328 e. The number of rotatable bonds is 5. The number of aliphatic carboxylic acids is 1. The van der Waals surface area contributed by atoms with Gasteiger partial charge in [-0.15, -0.1) is 0 Å². The van der Waals surface area contributed by atoms with Crippen LogP contribution in [0.2, 0.25) is 0 Å². The van der Waals surface area contributed by atoms with Gasteiger partial charge in [0.2, 0.25) is 0 Å². The van der Waals surface area contributed by atoms with Crippen molar-refractivity contribution < 1.29 is 19.4 Å². The molecule has 2 N–H and O–H groups in total. The lowest BCUT2D eigenvalue weighted by atomic mass is 9.90. The highest BCUT2D eigenvalue weighted by molar-refractivity contribution is 5.96. The number of benzene rings is 1. The lowest BCUT2D eigenvalue weighted by Crippen LogP contribution is -2.43. The van der Waals surface area contributed by atoms with E-state index in [1.807, 2.05) is 12.1 Å².